The average molecular weight is 465 g/mol. The number of carbonyl (C=O) groups is 2. The molecule has 8 nitrogen and oxygen atoms in total. The van der Waals surface area contributed by atoms with Gasteiger partial charge in [0.2, 0.25) is 15.9 Å². The van der Waals surface area contributed by atoms with Gasteiger partial charge in [0.1, 0.15) is 0 Å². The number of nitrogens with zero attached hydrogens (tertiary/aromatic N) is 1. The minimum absolute atomic E-state index is 0.119. The highest BCUT2D eigenvalue weighted by Gasteiger charge is 2.26. The van der Waals surface area contributed by atoms with Crippen molar-refractivity contribution in [2.75, 3.05) is 26.2 Å². The monoisotopic (exact) mass is 464 g/mol. The zero-order valence-electron chi connectivity index (χ0n) is 19.1. The Bertz CT molecular complexity index is 888. The molecule has 2 fully saturated rings. The first kappa shape index (κ1) is 24.7. The van der Waals surface area contributed by atoms with Gasteiger partial charge in [-0.25, -0.2) is 17.9 Å². The number of likely N-dealkylation sites (tertiary alicyclic amines) is 1. The number of carbonyl (C=O) groups excluding carboxylic acids is 2. The van der Waals surface area contributed by atoms with E-state index in [-0.39, 0.29) is 29.3 Å². The van der Waals surface area contributed by atoms with E-state index in [1.54, 1.807) is 24.3 Å². The summed E-state index contributed by atoms with van der Waals surface area (Å²) in [6.07, 6.45) is 6.13. The molecule has 1 aliphatic heterocycles. The third-order valence-electron chi connectivity index (χ3n) is 6.54. The van der Waals surface area contributed by atoms with Gasteiger partial charge in [0.15, 0.2) is 0 Å². The Labute approximate surface area is 191 Å². The molecule has 0 spiro atoms. The number of urea groups is 1. The van der Waals surface area contributed by atoms with Crippen LogP contribution < -0.4 is 15.4 Å². The fraction of sp³-hybridized carbons (Fsp3) is 0.652. The van der Waals surface area contributed by atoms with E-state index in [1.165, 1.54) is 6.42 Å². The molecule has 3 atom stereocenters. The molecule has 3 rings (SSSR count). The molecule has 1 aliphatic carbocycles. The number of piperidine rings is 1. The largest absolute Gasteiger partial charge is 0.335 e. The lowest BCUT2D eigenvalue weighted by atomic mass is 9.86. The first-order valence-corrected chi connectivity index (χ1v) is 13.1. The molecular weight excluding hydrogens is 428 g/mol. The summed E-state index contributed by atoms with van der Waals surface area (Å²) >= 11 is 0. The van der Waals surface area contributed by atoms with E-state index >= 15 is 0 Å². The van der Waals surface area contributed by atoms with Crippen LogP contribution in [0.25, 0.3) is 0 Å². The van der Waals surface area contributed by atoms with Crippen LogP contribution in [0, 0.1) is 18.8 Å². The number of sulfonamides is 1. The Kier molecular flexibility index (Phi) is 8.67. The second-order valence-corrected chi connectivity index (χ2v) is 11.1. The van der Waals surface area contributed by atoms with Gasteiger partial charge in [-0.05, 0) is 63.1 Å². The summed E-state index contributed by atoms with van der Waals surface area (Å²) in [6, 6.07) is 6.47. The molecule has 0 aromatic heterocycles. The lowest BCUT2D eigenvalue weighted by molar-refractivity contribution is -0.121. The molecule has 0 radical (unpaired) electrons. The number of hydrogen-bond donors (Lipinski definition) is 3. The van der Waals surface area contributed by atoms with Crippen molar-refractivity contribution in [2.45, 2.75) is 63.3 Å². The van der Waals surface area contributed by atoms with Crippen molar-refractivity contribution in [3.05, 3.63) is 29.8 Å². The normalized spacial score (nSPS) is 24.6. The van der Waals surface area contributed by atoms with Gasteiger partial charge >= 0.3 is 6.03 Å². The van der Waals surface area contributed by atoms with E-state index in [4.69, 9.17) is 0 Å². The highest BCUT2D eigenvalue weighted by atomic mass is 32.2. The van der Waals surface area contributed by atoms with Crippen LogP contribution in [0.4, 0.5) is 4.79 Å². The zero-order chi connectivity index (χ0) is 23.1. The lowest BCUT2D eigenvalue weighted by Gasteiger charge is -2.32. The van der Waals surface area contributed by atoms with Crippen LogP contribution in [-0.2, 0) is 14.8 Å². The molecule has 1 aromatic rings. The predicted molar refractivity (Wildman–Crippen MR) is 124 cm³/mol. The maximum absolute atomic E-state index is 12.5. The summed E-state index contributed by atoms with van der Waals surface area (Å²) in [5.41, 5.74) is 1.01. The molecule has 178 valence electrons. The summed E-state index contributed by atoms with van der Waals surface area (Å²) < 4.78 is 27.7. The third kappa shape index (κ3) is 7.28. The van der Waals surface area contributed by atoms with Crippen molar-refractivity contribution in [2.24, 2.45) is 11.8 Å². The Balaban J connectivity index is 1.42. The van der Waals surface area contributed by atoms with Gasteiger partial charge in [-0.15, -0.1) is 0 Å². The van der Waals surface area contributed by atoms with E-state index in [0.717, 1.165) is 44.2 Å². The van der Waals surface area contributed by atoms with Crippen molar-refractivity contribution in [3.63, 3.8) is 0 Å². The Hall–Kier alpha value is -1.97. The van der Waals surface area contributed by atoms with Crippen LogP contribution >= 0.6 is 0 Å². The second-order valence-electron chi connectivity index (χ2n) is 9.30. The number of hydrogen-bond acceptors (Lipinski definition) is 5. The van der Waals surface area contributed by atoms with Crippen LogP contribution in [-0.4, -0.2) is 57.5 Å². The van der Waals surface area contributed by atoms with Crippen LogP contribution in [0.3, 0.4) is 0 Å². The maximum Gasteiger partial charge on any atom is 0.321 e. The minimum Gasteiger partial charge on any atom is -0.335 e. The van der Waals surface area contributed by atoms with Gasteiger partial charge < -0.3 is 5.32 Å². The van der Waals surface area contributed by atoms with Gasteiger partial charge in [0.25, 0.3) is 0 Å². The van der Waals surface area contributed by atoms with Gasteiger partial charge in [-0.1, -0.05) is 37.5 Å². The Morgan fingerprint density at radius 3 is 2.50 bits per heavy atom. The van der Waals surface area contributed by atoms with Crippen molar-refractivity contribution in [1.29, 1.82) is 0 Å². The summed E-state index contributed by atoms with van der Waals surface area (Å²) in [5, 5.41) is 5.39. The minimum atomic E-state index is -3.55. The lowest BCUT2D eigenvalue weighted by Crippen LogP contribution is -2.51. The molecule has 32 heavy (non-hydrogen) atoms. The standard InChI is InChI=1S/C23H36N4O4S/c1-17-9-11-20(12-10-17)32(30,31)24-14-19-7-5-13-27(15-19)16-22(28)26-23(29)25-21-8-4-3-6-18(21)2/h9-12,18-19,21,24H,3-8,13-16H2,1-2H3,(H2,25,26,28,29). The summed E-state index contributed by atoms with van der Waals surface area (Å²) in [7, 11) is -3.55. The van der Waals surface area contributed by atoms with Crippen molar-refractivity contribution in [1.82, 2.24) is 20.3 Å². The summed E-state index contributed by atoms with van der Waals surface area (Å²) in [4.78, 5) is 26.8. The van der Waals surface area contributed by atoms with Crippen molar-refractivity contribution in [3.8, 4) is 0 Å². The summed E-state index contributed by atoms with van der Waals surface area (Å²) in [5.74, 6) is 0.219. The van der Waals surface area contributed by atoms with E-state index in [2.05, 4.69) is 22.3 Å². The number of benzene rings is 1. The molecule has 3 N–H and O–H groups in total. The quantitative estimate of drug-likeness (QED) is 0.574. The van der Waals surface area contributed by atoms with E-state index < -0.39 is 16.1 Å². The maximum atomic E-state index is 12.5. The Morgan fingerprint density at radius 2 is 1.78 bits per heavy atom. The van der Waals surface area contributed by atoms with Crippen molar-refractivity contribution >= 4 is 22.0 Å². The number of nitrogens with one attached hydrogen (secondary N) is 3. The molecule has 2 aliphatic rings. The Morgan fingerprint density at radius 1 is 1.06 bits per heavy atom. The predicted octanol–water partition coefficient (Wildman–Crippen LogP) is 2.39. The highest BCUT2D eigenvalue weighted by Crippen LogP contribution is 2.23. The molecule has 1 aromatic carbocycles. The molecule has 0 bridgehead atoms. The third-order valence-corrected chi connectivity index (χ3v) is 7.98. The fourth-order valence-corrected chi connectivity index (χ4v) is 5.71. The van der Waals surface area contributed by atoms with Gasteiger partial charge in [-0.3, -0.25) is 15.0 Å². The first-order chi connectivity index (χ1) is 15.2. The number of imide groups is 1. The number of rotatable bonds is 7. The van der Waals surface area contributed by atoms with Crippen LogP contribution in [0.1, 0.15) is 51.0 Å². The molecule has 3 amide bonds. The van der Waals surface area contributed by atoms with Crippen LogP contribution in [0.15, 0.2) is 29.2 Å². The molecule has 3 unspecified atom stereocenters. The smallest absolute Gasteiger partial charge is 0.321 e. The average Bonchev–Trinajstić information content (AvgIpc) is 2.74. The number of amides is 3. The van der Waals surface area contributed by atoms with E-state index in [1.807, 2.05) is 11.8 Å². The van der Waals surface area contributed by atoms with E-state index in [9.17, 15) is 18.0 Å². The molecule has 1 saturated heterocycles. The van der Waals surface area contributed by atoms with Gasteiger partial charge in [0.05, 0.1) is 11.4 Å². The molecule has 9 heteroatoms. The van der Waals surface area contributed by atoms with E-state index in [0.29, 0.717) is 19.0 Å². The zero-order valence-corrected chi connectivity index (χ0v) is 19.9. The second kappa shape index (κ2) is 11.2. The molecule has 1 heterocycles. The topological polar surface area (TPSA) is 108 Å². The molecular formula is C23H36N4O4S. The SMILES string of the molecule is Cc1ccc(S(=O)(=O)NCC2CCCN(CC(=O)NC(=O)NC3CCCCC3C)C2)cc1. The van der Waals surface area contributed by atoms with Crippen molar-refractivity contribution < 1.29 is 18.0 Å². The highest BCUT2D eigenvalue weighted by molar-refractivity contribution is 7.89. The van der Waals surface area contributed by atoms with Crippen LogP contribution in [0.5, 0.6) is 0 Å². The number of aryl methyl sites for hydroxylation is 1. The van der Waals surface area contributed by atoms with Gasteiger partial charge in [-0.2, -0.15) is 0 Å². The fourth-order valence-electron chi connectivity index (χ4n) is 4.59. The van der Waals surface area contributed by atoms with Crippen LogP contribution in [0.2, 0.25) is 0 Å². The summed E-state index contributed by atoms with van der Waals surface area (Å²) in [6.45, 7) is 5.88. The molecule has 1 saturated carbocycles. The van der Waals surface area contributed by atoms with Gasteiger partial charge in [0, 0.05) is 19.1 Å². The first-order valence-electron chi connectivity index (χ1n) is 11.6.